The molecule has 0 radical (unpaired) electrons. The standard InChI is InChI=1S/C10H15ClN2O3S/c1-16-5-4-13-17(14,15)9-3-2-8(7-12)10(11)6-9/h2-3,6,13H,4-5,7,12H2,1H3. The van der Waals surface area contributed by atoms with E-state index in [1.165, 1.54) is 19.2 Å². The molecule has 0 heterocycles. The summed E-state index contributed by atoms with van der Waals surface area (Å²) in [6.07, 6.45) is 0. The van der Waals surface area contributed by atoms with E-state index in [4.69, 9.17) is 22.1 Å². The highest BCUT2D eigenvalue weighted by molar-refractivity contribution is 7.89. The number of hydrogen-bond donors (Lipinski definition) is 2. The highest BCUT2D eigenvalue weighted by Crippen LogP contribution is 2.20. The van der Waals surface area contributed by atoms with E-state index in [0.717, 1.165) is 0 Å². The predicted octanol–water partition coefficient (Wildman–Crippen LogP) is 0.723. The molecule has 0 aromatic heterocycles. The molecule has 0 saturated heterocycles. The Morgan fingerprint density at radius 2 is 2.18 bits per heavy atom. The van der Waals surface area contributed by atoms with Crippen LogP contribution in [0.3, 0.4) is 0 Å². The summed E-state index contributed by atoms with van der Waals surface area (Å²) < 4.78 is 30.8. The van der Waals surface area contributed by atoms with E-state index in [2.05, 4.69) is 4.72 Å². The zero-order valence-electron chi connectivity index (χ0n) is 9.44. The number of ether oxygens (including phenoxy) is 1. The van der Waals surface area contributed by atoms with Crippen LogP contribution < -0.4 is 10.5 Å². The molecule has 96 valence electrons. The molecule has 0 amide bonds. The lowest BCUT2D eigenvalue weighted by Crippen LogP contribution is -2.27. The Kier molecular flexibility index (Phi) is 5.35. The third-order valence-electron chi connectivity index (χ3n) is 2.15. The Morgan fingerprint density at radius 1 is 1.47 bits per heavy atom. The van der Waals surface area contributed by atoms with E-state index in [1.807, 2.05) is 0 Å². The summed E-state index contributed by atoms with van der Waals surface area (Å²) in [5.41, 5.74) is 6.15. The lowest BCUT2D eigenvalue weighted by Gasteiger charge is -2.08. The summed E-state index contributed by atoms with van der Waals surface area (Å²) in [7, 11) is -2.03. The normalized spacial score (nSPS) is 11.7. The summed E-state index contributed by atoms with van der Waals surface area (Å²) in [5, 5.41) is 0.349. The molecule has 1 rings (SSSR count). The van der Waals surface area contributed by atoms with Crippen LogP contribution in [-0.4, -0.2) is 28.7 Å². The monoisotopic (exact) mass is 278 g/mol. The second-order valence-electron chi connectivity index (χ2n) is 3.35. The zero-order valence-corrected chi connectivity index (χ0v) is 11.0. The van der Waals surface area contributed by atoms with Crippen LogP contribution in [0.1, 0.15) is 5.56 Å². The summed E-state index contributed by atoms with van der Waals surface area (Å²) in [6, 6.07) is 4.47. The first kappa shape index (κ1) is 14.4. The van der Waals surface area contributed by atoms with E-state index in [1.54, 1.807) is 6.07 Å². The topological polar surface area (TPSA) is 81.4 Å². The molecule has 0 aliphatic heterocycles. The Hall–Kier alpha value is -0.660. The van der Waals surface area contributed by atoms with Gasteiger partial charge in [-0.1, -0.05) is 17.7 Å². The van der Waals surface area contributed by atoms with E-state index < -0.39 is 10.0 Å². The van der Waals surface area contributed by atoms with Gasteiger partial charge < -0.3 is 10.5 Å². The molecule has 0 atom stereocenters. The molecule has 1 aromatic rings. The molecule has 0 unspecified atom stereocenters. The van der Waals surface area contributed by atoms with Crippen molar-refractivity contribution in [2.24, 2.45) is 5.73 Å². The Balaban J connectivity index is 2.88. The maximum absolute atomic E-state index is 11.8. The van der Waals surface area contributed by atoms with Crippen molar-refractivity contribution < 1.29 is 13.2 Å². The van der Waals surface area contributed by atoms with Crippen molar-refractivity contribution in [2.45, 2.75) is 11.4 Å². The first-order chi connectivity index (χ1) is 8.01. The average Bonchev–Trinajstić information content (AvgIpc) is 2.29. The van der Waals surface area contributed by atoms with Crippen LogP contribution in [0.15, 0.2) is 23.1 Å². The number of sulfonamides is 1. The maximum atomic E-state index is 11.8. The van der Waals surface area contributed by atoms with Gasteiger partial charge in [0.1, 0.15) is 0 Å². The van der Waals surface area contributed by atoms with E-state index in [0.29, 0.717) is 17.2 Å². The SMILES string of the molecule is COCCNS(=O)(=O)c1ccc(CN)c(Cl)c1. The smallest absolute Gasteiger partial charge is 0.240 e. The fraction of sp³-hybridized carbons (Fsp3) is 0.400. The second-order valence-corrected chi connectivity index (χ2v) is 5.52. The molecule has 3 N–H and O–H groups in total. The molecular weight excluding hydrogens is 264 g/mol. The van der Waals surface area contributed by atoms with E-state index in [-0.39, 0.29) is 18.0 Å². The van der Waals surface area contributed by atoms with Gasteiger partial charge in [0.2, 0.25) is 10.0 Å². The first-order valence-electron chi connectivity index (χ1n) is 4.98. The largest absolute Gasteiger partial charge is 0.383 e. The van der Waals surface area contributed by atoms with Crippen molar-refractivity contribution in [1.82, 2.24) is 4.72 Å². The Labute approximate surface area is 106 Å². The molecule has 0 aliphatic rings. The third kappa shape index (κ3) is 3.93. The molecular formula is C10H15ClN2O3S. The molecule has 0 fully saturated rings. The van der Waals surface area contributed by atoms with E-state index >= 15 is 0 Å². The minimum Gasteiger partial charge on any atom is -0.383 e. The number of halogens is 1. The predicted molar refractivity (Wildman–Crippen MR) is 66.4 cm³/mol. The molecule has 1 aromatic carbocycles. The zero-order chi connectivity index (χ0) is 12.9. The summed E-state index contributed by atoms with van der Waals surface area (Å²) >= 11 is 5.90. The highest BCUT2D eigenvalue weighted by Gasteiger charge is 2.14. The Morgan fingerprint density at radius 3 is 2.71 bits per heavy atom. The van der Waals surface area contributed by atoms with Crippen LogP contribution in [0.4, 0.5) is 0 Å². The molecule has 7 heteroatoms. The van der Waals surface area contributed by atoms with Crippen molar-refractivity contribution in [1.29, 1.82) is 0 Å². The molecule has 0 bridgehead atoms. The van der Waals surface area contributed by atoms with Crippen molar-refractivity contribution in [3.8, 4) is 0 Å². The maximum Gasteiger partial charge on any atom is 0.240 e. The van der Waals surface area contributed by atoms with Crippen molar-refractivity contribution in [3.63, 3.8) is 0 Å². The lowest BCUT2D eigenvalue weighted by atomic mass is 10.2. The van der Waals surface area contributed by atoms with E-state index in [9.17, 15) is 8.42 Å². The minimum atomic E-state index is -3.54. The molecule has 17 heavy (non-hydrogen) atoms. The number of nitrogens with two attached hydrogens (primary N) is 1. The van der Waals surface area contributed by atoms with Crippen LogP contribution in [-0.2, 0) is 21.3 Å². The van der Waals surface area contributed by atoms with Crippen LogP contribution in [0.2, 0.25) is 5.02 Å². The summed E-state index contributed by atoms with van der Waals surface area (Å²) in [6.45, 7) is 0.805. The fourth-order valence-electron chi connectivity index (χ4n) is 1.22. The van der Waals surface area contributed by atoms with Crippen LogP contribution in [0, 0.1) is 0 Å². The number of rotatable bonds is 6. The van der Waals surface area contributed by atoms with Gasteiger partial charge in [0, 0.05) is 25.2 Å². The number of nitrogens with one attached hydrogen (secondary N) is 1. The number of methoxy groups -OCH3 is 1. The number of benzene rings is 1. The van der Waals surface area contributed by atoms with Gasteiger partial charge >= 0.3 is 0 Å². The van der Waals surface area contributed by atoms with Gasteiger partial charge in [0.25, 0.3) is 0 Å². The summed E-state index contributed by atoms with van der Waals surface area (Å²) in [5.74, 6) is 0. The molecule has 0 aliphatic carbocycles. The quantitative estimate of drug-likeness (QED) is 0.752. The molecule has 0 saturated carbocycles. The van der Waals surface area contributed by atoms with Crippen LogP contribution >= 0.6 is 11.6 Å². The fourth-order valence-corrected chi connectivity index (χ4v) is 2.58. The molecule has 0 spiro atoms. The van der Waals surface area contributed by atoms with Crippen molar-refractivity contribution in [3.05, 3.63) is 28.8 Å². The second kappa shape index (κ2) is 6.32. The first-order valence-corrected chi connectivity index (χ1v) is 6.84. The van der Waals surface area contributed by atoms with Crippen molar-refractivity contribution >= 4 is 21.6 Å². The van der Waals surface area contributed by atoms with Gasteiger partial charge in [-0.3, -0.25) is 0 Å². The highest BCUT2D eigenvalue weighted by atomic mass is 35.5. The van der Waals surface area contributed by atoms with Gasteiger partial charge in [0.15, 0.2) is 0 Å². The van der Waals surface area contributed by atoms with Gasteiger partial charge in [-0.15, -0.1) is 0 Å². The lowest BCUT2D eigenvalue weighted by molar-refractivity contribution is 0.204. The Bertz CT molecular complexity index is 476. The summed E-state index contributed by atoms with van der Waals surface area (Å²) in [4.78, 5) is 0.121. The van der Waals surface area contributed by atoms with Crippen LogP contribution in [0.25, 0.3) is 0 Å². The third-order valence-corrected chi connectivity index (χ3v) is 3.96. The van der Waals surface area contributed by atoms with Gasteiger partial charge in [-0.2, -0.15) is 0 Å². The average molecular weight is 279 g/mol. The molecule has 5 nitrogen and oxygen atoms in total. The number of hydrogen-bond acceptors (Lipinski definition) is 4. The van der Waals surface area contributed by atoms with Gasteiger partial charge in [0.05, 0.1) is 11.5 Å². The van der Waals surface area contributed by atoms with Crippen molar-refractivity contribution in [2.75, 3.05) is 20.3 Å². The van der Waals surface area contributed by atoms with Gasteiger partial charge in [-0.25, -0.2) is 13.1 Å². The van der Waals surface area contributed by atoms with Crippen LogP contribution in [0.5, 0.6) is 0 Å². The van der Waals surface area contributed by atoms with Gasteiger partial charge in [-0.05, 0) is 17.7 Å². The minimum absolute atomic E-state index is 0.121.